The molecule has 21 heavy (non-hydrogen) atoms. The molecule has 0 saturated heterocycles. The van der Waals surface area contributed by atoms with E-state index in [4.69, 9.17) is 0 Å². The lowest BCUT2D eigenvalue weighted by atomic mass is 10.2. The molecule has 0 unspecified atom stereocenters. The molecule has 0 saturated carbocycles. The largest absolute Gasteiger partial charge is 0.507 e. The van der Waals surface area contributed by atoms with E-state index in [1.807, 2.05) is 0 Å². The van der Waals surface area contributed by atoms with Gasteiger partial charge < -0.3 is 9.84 Å². The van der Waals surface area contributed by atoms with Crippen LogP contribution in [0.4, 0.5) is 5.82 Å². The second-order valence-corrected chi connectivity index (χ2v) is 5.55. The van der Waals surface area contributed by atoms with Crippen molar-refractivity contribution in [3.63, 3.8) is 0 Å². The predicted octanol–water partition coefficient (Wildman–Crippen LogP) is 0.770. The zero-order chi connectivity index (χ0) is 15.5. The number of carbonyl (C=O) groups excluding carboxylic acids is 1. The number of rotatable bonds is 4. The number of ether oxygens (including phenoxy) is 1. The molecule has 0 aliphatic carbocycles. The number of anilines is 1. The number of methoxy groups -OCH3 is 1. The average molecular weight is 309 g/mol. The molecule has 1 aromatic heterocycles. The molecule has 2 aromatic rings. The van der Waals surface area contributed by atoms with Crippen molar-refractivity contribution in [3.05, 3.63) is 42.4 Å². The highest BCUT2D eigenvalue weighted by Crippen LogP contribution is 2.23. The first-order valence-electron chi connectivity index (χ1n) is 5.64. The van der Waals surface area contributed by atoms with Crippen LogP contribution in [0.15, 0.2) is 41.7 Å². The fraction of sp³-hybridized carbons (Fsp3) is 0.0833. The maximum Gasteiger partial charge on any atom is 0.341 e. The fourth-order valence-corrected chi connectivity index (χ4v) is 2.52. The molecule has 0 aliphatic rings. The summed E-state index contributed by atoms with van der Waals surface area (Å²) in [4.78, 5) is 18.8. The number of benzene rings is 1. The van der Waals surface area contributed by atoms with Gasteiger partial charge in [0.25, 0.3) is 10.0 Å². The van der Waals surface area contributed by atoms with Crippen molar-refractivity contribution >= 4 is 21.8 Å². The molecule has 2 N–H and O–H groups in total. The molecule has 8 nitrogen and oxygen atoms in total. The smallest absolute Gasteiger partial charge is 0.341 e. The zero-order valence-corrected chi connectivity index (χ0v) is 11.7. The first-order chi connectivity index (χ1) is 9.94. The number of nitrogens with zero attached hydrogens (tertiary/aromatic N) is 2. The maximum absolute atomic E-state index is 12.2. The van der Waals surface area contributed by atoms with Crippen LogP contribution < -0.4 is 4.72 Å². The highest BCUT2D eigenvalue weighted by molar-refractivity contribution is 7.92. The molecule has 110 valence electrons. The monoisotopic (exact) mass is 309 g/mol. The van der Waals surface area contributed by atoms with E-state index in [1.54, 1.807) is 0 Å². The Kier molecular flexibility index (Phi) is 4.03. The highest BCUT2D eigenvalue weighted by Gasteiger charge is 2.20. The van der Waals surface area contributed by atoms with Gasteiger partial charge in [0, 0.05) is 12.4 Å². The van der Waals surface area contributed by atoms with Crippen molar-refractivity contribution in [1.82, 2.24) is 9.97 Å². The van der Waals surface area contributed by atoms with Gasteiger partial charge in [-0.05, 0) is 18.2 Å². The molecule has 0 spiro atoms. The van der Waals surface area contributed by atoms with Crippen LogP contribution in [-0.2, 0) is 14.8 Å². The van der Waals surface area contributed by atoms with E-state index < -0.39 is 16.0 Å². The summed E-state index contributed by atoms with van der Waals surface area (Å²) in [5, 5.41) is 9.55. The average Bonchev–Trinajstić information content (AvgIpc) is 2.47. The highest BCUT2D eigenvalue weighted by atomic mass is 32.2. The second kappa shape index (κ2) is 5.75. The molecule has 0 bridgehead atoms. The molecule has 1 heterocycles. The molecule has 0 radical (unpaired) electrons. The Morgan fingerprint density at radius 3 is 2.71 bits per heavy atom. The third kappa shape index (κ3) is 3.26. The quantitative estimate of drug-likeness (QED) is 0.801. The summed E-state index contributed by atoms with van der Waals surface area (Å²) in [7, 11) is -2.84. The van der Waals surface area contributed by atoms with E-state index >= 15 is 0 Å². The number of phenols is 1. The minimum atomic E-state index is -3.97. The molecule has 1 aromatic carbocycles. The molecular weight excluding hydrogens is 298 g/mol. The van der Waals surface area contributed by atoms with E-state index in [2.05, 4.69) is 19.4 Å². The summed E-state index contributed by atoms with van der Waals surface area (Å²) in [5.74, 6) is -1.19. The second-order valence-electron chi connectivity index (χ2n) is 3.87. The SMILES string of the molecule is COC(=O)c1cc(S(=O)(=O)Nc2cnccn2)ccc1O. The van der Waals surface area contributed by atoms with E-state index in [0.717, 1.165) is 25.3 Å². The lowest BCUT2D eigenvalue weighted by molar-refractivity contribution is 0.0597. The van der Waals surface area contributed by atoms with E-state index in [-0.39, 0.29) is 22.0 Å². The standard InChI is InChI=1S/C12H11N3O5S/c1-20-12(17)9-6-8(2-3-10(9)16)21(18,19)15-11-7-13-4-5-14-11/h2-7,16H,1H3,(H,14,15). The third-order valence-electron chi connectivity index (χ3n) is 2.49. The number of sulfonamides is 1. The van der Waals surface area contributed by atoms with Crippen molar-refractivity contribution in [1.29, 1.82) is 0 Å². The maximum atomic E-state index is 12.2. The van der Waals surface area contributed by atoms with Crippen molar-refractivity contribution < 1.29 is 23.1 Å². The van der Waals surface area contributed by atoms with Crippen molar-refractivity contribution in [2.75, 3.05) is 11.8 Å². The van der Waals surface area contributed by atoms with Crippen LogP contribution in [0.2, 0.25) is 0 Å². The number of carbonyl (C=O) groups is 1. The summed E-state index contributed by atoms with van der Waals surface area (Å²) in [5.41, 5.74) is -0.250. The van der Waals surface area contributed by atoms with Gasteiger partial charge >= 0.3 is 5.97 Å². The van der Waals surface area contributed by atoms with Gasteiger partial charge in [0.05, 0.1) is 18.2 Å². The number of aromatic nitrogens is 2. The lowest BCUT2D eigenvalue weighted by Crippen LogP contribution is -2.15. The van der Waals surface area contributed by atoms with Gasteiger partial charge in [0.15, 0.2) is 5.82 Å². The number of esters is 1. The summed E-state index contributed by atoms with van der Waals surface area (Å²) in [6.45, 7) is 0. The van der Waals surface area contributed by atoms with Crippen LogP contribution in [0.3, 0.4) is 0 Å². The third-order valence-corrected chi connectivity index (χ3v) is 3.84. The number of aromatic hydroxyl groups is 1. The Labute approximate surface area is 120 Å². The van der Waals surface area contributed by atoms with Gasteiger partial charge in [-0.25, -0.2) is 18.2 Å². The van der Waals surface area contributed by atoms with Gasteiger partial charge in [-0.15, -0.1) is 0 Å². The van der Waals surface area contributed by atoms with Crippen LogP contribution in [0.1, 0.15) is 10.4 Å². The molecular formula is C12H11N3O5S. The minimum absolute atomic E-state index is 0.0326. The Morgan fingerprint density at radius 1 is 1.33 bits per heavy atom. The summed E-state index contributed by atoms with van der Waals surface area (Å²) in [6, 6.07) is 3.26. The number of phenolic OH excluding ortho intramolecular Hbond substituents is 1. The van der Waals surface area contributed by atoms with Crippen molar-refractivity contribution in [3.8, 4) is 5.75 Å². The molecule has 2 rings (SSSR count). The van der Waals surface area contributed by atoms with Crippen LogP contribution in [0, 0.1) is 0 Å². The van der Waals surface area contributed by atoms with Gasteiger partial charge in [-0.1, -0.05) is 0 Å². The minimum Gasteiger partial charge on any atom is -0.507 e. The Bertz CT molecular complexity index is 762. The predicted molar refractivity (Wildman–Crippen MR) is 72.3 cm³/mol. The first-order valence-corrected chi connectivity index (χ1v) is 7.12. The van der Waals surface area contributed by atoms with Crippen LogP contribution >= 0.6 is 0 Å². The van der Waals surface area contributed by atoms with Crippen molar-refractivity contribution in [2.24, 2.45) is 0 Å². The Morgan fingerprint density at radius 2 is 2.10 bits per heavy atom. The van der Waals surface area contributed by atoms with Crippen LogP contribution in [0.25, 0.3) is 0 Å². The van der Waals surface area contributed by atoms with Gasteiger partial charge in [0.1, 0.15) is 11.3 Å². The topological polar surface area (TPSA) is 118 Å². The normalized spacial score (nSPS) is 10.9. The molecule has 0 aliphatic heterocycles. The van der Waals surface area contributed by atoms with Crippen molar-refractivity contribution in [2.45, 2.75) is 4.90 Å². The fourth-order valence-electron chi connectivity index (χ4n) is 1.50. The van der Waals surface area contributed by atoms with Gasteiger partial charge in [-0.3, -0.25) is 9.71 Å². The van der Waals surface area contributed by atoms with E-state index in [9.17, 15) is 18.3 Å². The molecule has 9 heteroatoms. The molecule has 0 fully saturated rings. The van der Waals surface area contributed by atoms with E-state index in [1.165, 1.54) is 18.6 Å². The van der Waals surface area contributed by atoms with Gasteiger partial charge in [0.2, 0.25) is 0 Å². The van der Waals surface area contributed by atoms with Crippen LogP contribution in [-0.4, -0.2) is 36.6 Å². The number of hydrogen-bond donors (Lipinski definition) is 2. The Balaban J connectivity index is 2.39. The molecule has 0 atom stereocenters. The molecule has 0 amide bonds. The summed E-state index contributed by atoms with van der Waals surface area (Å²) < 4.78 is 31.0. The number of hydrogen-bond acceptors (Lipinski definition) is 7. The first kappa shape index (κ1) is 14.7. The number of nitrogens with one attached hydrogen (secondary N) is 1. The van der Waals surface area contributed by atoms with E-state index in [0.29, 0.717) is 0 Å². The zero-order valence-electron chi connectivity index (χ0n) is 10.8. The summed E-state index contributed by atoms with van der Waals surface area (Å²) >= 11 is 0. The van der Waals surface area contributed by atoms with Crippen LogP contribution in [0.5, 0.6) is 5.75 Å². The summed E-state index contributed by atoms with van der Waals surface area (Å²) in [6.07, 6.45) is 3.96. The Hall–Kier alpha value is -2.68. The lowest BCUT2D eigenvalue weighted by Gasteiger charge is -2.09. The van der Waals surface area contributed by atoms with Gasteiger partial charge in [-0.2, -0.15) is 0 Å².